The zero-order valence-electron chi connectivity index (χ0n) is 14.3. The minimum atomic E-state index is -0.276. The number of aromatic nitrogens is 2. The minimum Gasteiger partial charge on any atom is -0.345 e. The highest BCUT2D eigenvalue weighted by atomic mass is 35.5. The van der Waals surface area contributed by atoms with E-state index in [4.69, 9.17) is 11.6 Å². The summed E-state index contributed by atoms with van der Waals surface area (Å²) in [7, 11) is 3.25. The Morgan fingerprint density at radius 3 is 2.54 bits per heavy atom. The molecule has 6 nitrogen and oxygen atoms in total. The predicted molar refractivity (Wildman–Crippen MR) is 95.4 cm³/mol. The summed E-state index contributed by atoms with van der Waals surface area (Å²) >= 11 is 6.29. The van der Waals surface area contributed by atoms with Crippen LogP contribution in [0.4, 0.5) is 5.69 Å². The monoisotopic (exact) mass is 348 g/mol. The number of imidazole rings is 1. The van der Waals surface area contributed by atoms with Crippen LogP contribution in [0.3, 0.4) is 0 Å². The summed E-state index contributed by atoms with van der Waals surface area (Å²) < 4.78 is 1.82. The molecule has 0 unspecified atom stereocenters. The van der Waals surface area contributed by atoms with Crippen LogP contribution in [0.15, 0.2) is 29.7 Å². The fourth-order valence-electron chi connectivity index (χ4n) is 2.70. The Morgan fingerprint density at radius 2 is 2.00 bits per heavy atom. The molecule has 0 fully saturated rings. The number of hydrogen-bond acceptors (Lipinski definition) is 4. The van der Waals surface area contributed by atoms with Crippen molar-refractivity contribution < 1.29 is 4.79 Å². The maximum absolute atomic E-state index is 12.2. The van der Waals surface area contributed by atoms with Crippen LogP contribution in [-0.4, -0.2) is 34.5 Å². The van der Waals surface area contributed by atoms with Crippen molar-refractivity contribution in [3.8, 4) is 5.69 Å². The fraction of sp³-hybridized carbons (Fsp3) is 0.412. The molecule has 2 aromatic rings. The van der Waals surface area contributed by atoms with Crippen molar-refractivity contribution in [2.24, 2.45) is 5.18 Å². The fourth-order valence-corrected chi connectivity index (χ4v) is 2.94. The normalized spacial score (nSPS) is 10.9. The molecule has 128 valence electrons. The largest absolute Gasteiger partial charge is 0.345 e. The van der Waals surface area contributed by atoms with E-state index in [1.807, 2.05) is 4.57 Å². The van der Waals surface area contributed by atoms with E-state index in [0.29, 0.717) is 5.69 Å². The molecule has 1 amide bonds. The molecule has 2 rings (SSSR count). The molecule has 0 aliphatic rings. The predicted octanol–water partition coefficient (Wildman–Crippen LogP) is 4.53. The number of carbonyl (C=O) groups excluding carboxylic acids is 1. The Kier molecular flexibility index (Phi) is 5.72. The van der Waals surface area contributed by atoms with E-state index in [9.17, 15) is 9.70 Å². The molecular weight excluding hydrogens is 328 g/mol. The highest BCUT2D eigenvalue weighted by Crippen LogP contribution is 2.33. The molecule has 0 N–H and O–H groups in total. The number of carbonyl (C=O) groups is 1. The van der Waals surface area contributed by atoms with E-state index in [0.717, 1.165) is 18.7 Å². The standard InChI is InChI=1S/C17H21ClN4O2/c1-5-11(6-2)16-19-7-8-22(16)15-10-13(18)12(9-14(15)20-24)17(23)21(3)4/h7-11H,5-6H2,1-4H3. The van der Waals surface area contributed by atoms with Gasteiger partial charge in [0.25, 0.3) is 5.91 Å². The Bertz CT molecular complexity index is 751. The second-order valence-electron chi connectivity index (χ2n) is 5.78. The molecule has 0 atom stereocenters. The summed E-state index contributed by atoms with van der Waals surface area (Å²) in [6, 6.07) is 3.03. The SMILES string of the molecule is CCC(CC)c1nccn1-c1cc(Cl)c(C(=O)N(C)C)cc1N=O. The summed E-state index contributed by atoms with van der Waals surface area (Å²) in [5.41, 5.74) is 0.948. The average molecular weight is 349 g/mol. The number of nitroso groups, excluding NO2 is 1. The Morgan fingerprint density at radius 1 is 1.33 bits per heavy atom. The molecule has 0 saturated carbocycles. The number of halogens is 1. The van der Waals surface area contributed by atoms with Gasteiger partial charge in [0.05, 0.1) is 16.3 Å². The van der Waals surface area contributed by atoms with Gasteiger partial charge in [-0.05, 0) is 30.2 Å². The molecule has 0 aliphatic carbocycles. The van der Waals surface area contributed by atoms with Gasteiger partial charge in [0.15, 0.2) is 0 Å². The number of hydrogen-bond donors (Lipinski definition) is 0. The van der Waals surface area contributed by atoms with Crippen LogP contribution in [-0.2, 0) is 0 Å². The minimum absolute atomic E-state index is 0.162. The Hall–Kier alpha value is -2.21. The maximum Gasteiger partial charge on any atom is 0.254 e. The maximum atomic E-state index is 12.2. The Labute approximate surface area is 146 Å². The van der Waals surface area contributed by atoms with Crippen LogP contribution in [0.2, 0.25) is 5.02 Å². The highest BCUT2D eigenvalue weighted by molar-refractivity contribution is 6.34. The summed E-state index contributed by atoms with van der Waals surface area (Å²) in [5.74, 6) is 0.844. The van der Waals surface area contributed by atoms with E-state index < -0.39 is 0 Å². The Balaban J connectivity index is 2.61. The molecule has 1 heterocycles. The van der Waals surface area contributed by atoms with E-state index >= 15 is 0 Å². The molecule has 0 bridgehead atoms. The van der Waals surface area contributed by atoms with E-state index in [1.54, 1.807) is 32.6 Å². The number of nitrogens with zero attached hydrogens (tertiary/aromatic N) is 4. The lowest BCUT2D eigenvalue weighted by Gasteiger charge is -2.17. The number of rotatable bonds is 6. The van der Waals surface area contributed by atoms with Gasteiger partial charge in [-0.2, -0.15) is 0 Å². The van der Waals surface area contributed by atoms with Crippen LogP contribution in [0.5, 0.6) is 0 Å². The molecule has 24 heavy (non-hydrogen) atoms. The summed E-state index contributed by atoms with van der Waals surface area (Å²) in [6.45, 7) is 4.19. The second kappa shape index (κ2) is 7.57. The van der Waals surface area contributed by atoms with Gasteiger partial charge in [0, 0.05) is 32.4 Å². The molecule has 1 aromatic carbocycles. The third kappa shape index (κ3) is 3.33. The van der Waals surface area contributed by atoms with Crippen molar-refractivity contribution in [2.45, 2.75) is 32.6 Å². The van der Waals surface area contributed by atoms with Gasteiger partial charge in [0.2, 0.25) is 0 Å². The van der Waals surface area contributed by atoms with Gasteiger partial charge in [-0.25, -0.2) is 4.98 Å². The van der Waals surface area contributed by atoms with Crippen molar-refractivity contribution in [3.05, 3.63) is 45.8 Å². The molecule has 7 heteroatoms. The lowest BCUT2D eigenvalue weighted by atomic mass is 10.0. The van der Waals surface area contributed by atoms with Crippen molar-refractivity contribution in [1.29, 1.82) is 0 Å². The topological polar surface area (TPSA) is 67.6 Å². The van der Waals surface area contributed by atoms with Crippen molar-refractivity contribution >= 4 is 23.2 Å². The van der Waals surface area contributed by atoms with Crippen molar-refractivity contribution in [2.75, 3.05) is 14.1 Å². The van der Waals surface area contributed by atoms with E-state index in [1.165, 1.54) is 11.0 Å². The second-order valence-corrected chi connectivity index (χ2v) is 6.19. The lowest BCUT2D eigenvalue weighted by Crippen LogP contribution is -2.22. The lowest BCUT2D eigenvalue weighted by molar-refractivity contribution is 0.0828. The summed E-state index contributed by atoms with van der Waals surface area (Å²) in [5, 5.41) is 3.37. The van der Waals surface area contributed by atoms with Crippen LogP contribution in [0.1, 0.15) is 48.8 Å². The first-order chi connectivity index (χ1) is 11.4. The third-order valence-corrected chi connectivity index (χ3v) is 4.39. The number of amides is 1. The third-order valence-electron chi connectivity index (χ3n) is 4.08. The first kappa shape index (κ1) is 18.1. The quantitative estimate of drug-likeness (QED) is 0.720. The van der Waals surface area contributed by atoms with Crippen LogP contribution in [0.25, 0.3) is 5.69 Å². The first-order valence-electron chi connectivity index (χ1n) is 7.86. The molecular formula is C17H21ClN4O2. The summed E-state index contributed by atoms with van der Waals surface area (Å²) in [4.78, 5) is 29.4. The van der Waals surface area contributed by atoms with Gasteiger partial charge in [0.1, 0.15) is 11.5 Å². The smallest absolute Gasteiger partial charge is 0.254 e. The molecule has 0 saturated heterocycles. The van der Waals surface area contributed by atoms with Crippen molar-refractivity contribution in [3.63, 3.8) is 0 Å². The number of benzene rings is 1. The average Bonchev–Trinajstić information content (AvgIpc) is 3.04. The van der Waals surface area contributed by atoms with Crippen molar-refractivity contribution in [1.82, 2.24) is 14.5 Å². The van der Waals surface area contributed by atoms with Gasteiger partial charge in [-0.1, -0.05) is 25.4 Å². The van der Waals surface area contributed by atoms with Gasteiger partial charge in [-0.15, -0.1) is 4.91 Å². The first-order valence-corrected chi connectivity index (χ1v) is 8.24. The van der Waals surface area contributed by atoms with Gasteiger partial charge >= 0.3 is 0 Å². The van der Waals surface area contributed by atoms with Crippen LogP contribution < -0.4 is 0 Å². The molecule has 0 radical (unpaired) electrons. The van der Waals surface area contributed by atoms with E-state index in [2.05, 4.69) is 24.0 Å². The molecule has 0 aliphatic heterocycles. The van der Waals surface area contributed by atoms with E-state index in [-0.39, 0.29) is 28.1 Å². The van der Waals surface area contributed by atoms with Crippen LogP contribution in [0, 0.1) is 4.91 Å². The molecule has 1 aromatic heterocycles. The molecule has 0 spiro atoms. The zero-order valence-corrected chi connectivity index (χ0v) is 15.0. The van der Waals surface area contributed by atoms with Gasteiger partial charge < -0.3 is 9.47 Å². The summed E-state index contributed by atoms with van der Waals surface area (Å²) in [6.07, 6.45) is 5.33. The zero-order chi connectivity index (χ0) is 17.9. The highest BCUT2D eigenvalue weighted by Gasteiger charge is 2.21. The van der Waals surface area contributed by atoms with Gasteiger partial charge in [-0.3, -0.25) is 4.79 Å². The van der Waals surface area contributed by atoms with Crippen LogP contribution >= 0.6 is 11.6 Å².